The first-order valence-corrected chi connectivity index (χ1v) is 8.09. The molecule has 1 amide bonds. The van der Waals surface area contributed by atoms with Gasteiger partial charge in [-0.3, -0.25) is 14.8 Å². The van der Waals surface area contributed by atoms with Crippen LogP contribution in [0, 0.1) is 0 Å². The number of carbonyl (C=O) groups is 1. The molecule has 0 fully saturated rings. The Labute approximate surface area is 139 Å². The molecule has 4 rings (SSSR count). The van der Waals surface area contributed by atoms with E-state index in [-0.39, 0.29) is 6.17 Å². The van der Waals surface area contributed by atoms with E-state index < -0.39 is 5.91 Å². The molecule has 1 atom stereocenters. The Morgan fingerprint density at radius 1 is 1.12 bits per heavy atom. The first kappa shape index (κ1) is 14.6. The van der Waals surface area contributed by atoms with E-state index in [1.807, 2.05) is 6.07 Å². The molecule has 5 nitrogen and oxygen atoms in total. The topological polar surface area (TPSA) is 79.8 Å². The van der Waals surface area contributed by atoms with Crippen LogP contribution in [0.25, 0.3) is 5.57 Å². The van der Waals surface area contributed by atoms with Crippen LogP contribution in [0.5, 0.6) is 0 Å². The molecule has 3 N–H and O–H groups in total. The van der Waals surface area contributed by atoms with E-state index in [1.54, 1.807) is 12.1 Å². The number of nitrogens with zero attached hydrogens (tertiary/aromatic N) is 2. The first-order valence-electron chi connectivity index (χ1n) is 8.09. The van der Waals surface area contributed by atoms with Crippen molar-refractivity contribution in [3.63, 3.8) is 0 Å². The lowest BCUT2D eigenvalue weighted by Gasteiger charge is -2.15. The molecule has 5 heteroatoms. The lowest BCUT2D eigenvalue weighted by molar-refractivity contribution is 0.0999. The van der Waals surface area contributed by atoms with Crippen LogP contribution in [-0.4, -0.2) is 12.5 Å². The molecule has 0 saturated heterocycles. The van der Waals surface area contributed by atoms with Gasteiger partial charge in [0, 0.05) is 12.7 Å². The molecule has 0 aliphatic carbocycles. The summed E-state index contributed by atoms with van der Waals surface area (Å²) in [6, 6.07) is 13.7. The second-order valence-corrected chi connectivity index (χ2v) is 6.02. The van der Waals surface area contributed by atoms with Crippen molar-refractivity contribution in [1.29, 1.82) is 0 Å². The van der Waals surface area contributed by atoms with Gasteiger partial charge in [-0.15, -0.1) is 0 Å². The smallest absolute Gasteiger partial charge is 0.250 e. The number of hydrogen-bond donors (Lipinski definition) is 2. The standard InChI is InChI=1S/C19H18N4O/c20-18(24)15-4-1-5-16-17(15)23-19(22-16)13-8-6-12(7-9-13)14-3-2-10-21-11-14/h1,4-9,11,19,21H,2-3,10H2,(H2,20,24). The molecule has 1 unspecified atom stereocenters. The molecule has 2 heterocycles. The lowest BCUT2D eigenvalue weighted by atomic mass is 9.98. The zero-order chi connectivity index (χ0) is 16.5. The molecule has 0 radical (unpaired) electrons. The SMILES string of the molecule is NC(=O)c1cccc2c1=NC(c1ccc(C3=CNCCC3)cc1)N=2. The maximum absolute atomic E-state index is 11.5. The number of hydrogen-bond acceptors (Lipinski definition) is 4. The van der Waals surface area contributed by atoms with Crippen molar-refractivity contribution in [2.45, 2.75) is 19.0 Å². The predicted octanol–water partition coefficient (Wildman–Crippen LogP) is 1.46. The number of fused-ring (bicyclic) bond motifs is 1. The number of amides is 1. The van der Waals surface area contributed by atoms with Crippen molar-refractivity contribution in [2.75, 3.05) is 6.54 Å². The number of primary amides is 1. The van der Waals surface area contributed by atoms with Gasteiger partial charge >= 0.3 is 0 Å². The van der Waals surface area contributed by atoms with Gasteiger partial charge in [0.15, 0.2) is 6.17 Å². The fraction of sp³-hybridized carbons (Fsp3) is 0.211. The van der Waals surface area contributed by atoms with Crippen LogP contribution in [0.2, 0.25) is 0 Å². The van der Waals surface area contributed by atoms with Crippen LogP contribution in [0.3, 0.4) is 0 Å². The number of rotatable bonds is 3. The molecule has 2 aromatic carbocycles. The third-order valence-electron chi connectivity index (χ3n) is 4.42. The third kappa shape index (κ3) is 2.58. The van der Waals surface area contributed by atoms with Crippen LogP contribution in [0.4, 0.5) is 0 Å². The van der Waals surface area contributed by atoms with Crippen LogP contribution in [-0.2, 0) is 0 Å². The van der Waals surface area contributed by atoms with E-state index in [0.29, 0.717) is 10.9 Å². The average molecular weight is 318 g/mol. The van der Waals surface area contributed by atoms with Gasteiger partial charge in [0.1, 0.15) is 0 Å². The molecule has 24 heavy (non-hydrogen) atoms. The summed E-state index contributed by atoms with van der Waals surface area (Å²) in [7, 11) is 0. The quantitative estimate of drug-likeness (QED) is 0.898. The first-order chi connectivity index (χ1) is 11.7. The highest BCUT2D eigenvalue weighted by molar-refractivity contribution is 5.92. The van der Waals surface area contributed by atoms with Crippen molar-refractivity contribution in [3.05, 3.63) is 76.1 Å². The molecule has 0 bridgehead atoms. The predicted molar refractivity (Wildman–Crippen MR) is 91.7 cm³/mol. The van der Waals surface area contributed by atoms with Crippen molar-refractivity contribution < 1.29 is 4.79 Å². The van der Waals surface area contributed by atoms with Gasteiger partial charge in [0.05, 0.1) is 16.3 Å². The maximum Gasteiger partial charge on any atom is 0.250 e. The molecule has 2 aromatic rings. The number of benzene rings is 2. The molecule has 120 valence electrons. The van der Waals surface area contributed by atoms with Gasteiger partial charge in [-0.25, -0.2) is 0 Å². The summed E-state index contributed by atoms with van der Waals surface area (Å²) in [6.45, 7) is 1.04. The zero-order valence-corrected chi connectivity index (χ0v) is 13.2. The Morgan fingerprint density at radius 2 is 1.96 bits per heavy atom. The Kier molecular flexibility index (Phi) is 3.61. The Hall–Kier alpha value is -2.95. The summed E-state index contributed by atoms with van der Waals surface area (Å²) in [6.07, 6.45) is 4.04. The van der Waals surface area contributed by atoms with Gasteiger partial charge in [-0.05, 0) is 41.7 Å². The largest absolute Gasteiger partial charge is 0.391 e. The monoisotopic (exact) mass is 318 g/mol. The number of nitrogens with one attached hydrogen (secondary N) is 1. The van der Waals surface area contributed by atoms with Crippen LogP contribution in [0.1, 0.15) is 40.5 Å². The Morgan fingerprint density at radius 3 is 2.67 bits per heavy atom. The van der Waals surface area contributed by atoms with Gasteiger partial charge in [-0.2, -0.15) is 0 Å². The van der Waals surface area contributed by atoms with Gasteiger partial charge in [0.25, 0.3) is 5.91 Å². The highest BCUT2D eigenvalue weighted by Crippen LogP contribution is 2.25. The van der Waals surface area contributed by atoms with Crippen molar-refractivity contribution in [3.8, 4) is 0 Å². The van der Waals surface area contributed by atoms with Crippen molar-refractivity contribution >= 4 is 11.5 Å². The second kappa shape index (κ2) is 5.92. The van der Waals surface area contributed by atoms with E-state index in [0.717, 1.165) is 30.3 Å². The maximum atomic E-state index is 11.5. The highest BCUT2D eigenvalue weighted by Gasteiger charge is 2.16. The molecule has 0 saturated carbocycles. The number of para-hydroxylation sites is 1. The summed E-state index contributed by atoms with van der Waals surface area (Å²) >= 11 is 0. The highest BCUT2D eigenvalue weighted by atomic mass is 16.1. The average Bonchev–Trinajstić information content (AvgIpc) is 3.06. The van der Waals surface area contributed by atoms with E-state index in [4.69, 9.17) is 5.73 Å². The fourth-order valence-electron chi connectivity index (χ4n) is 3.15. The number of nitrogens with two attached hydrogens (primary N) is 1. The zero-order valence-electron chi connectivity index (χ0n) is 13.2. The molecule has 2 aliphatic heterocycles. The molecule has 2 aliphatic rings. The third-order valence-corrected chi connectivity index (χ3v) is 4.42. The van der Waals surface area contributed by atoms with Crippen molar-refractivity contribution in [1.82, 2.24) is 5.32 Å². The van der Waals surface area contributed by atoms with E-state index in [9.17, 15) is 4.79 Å². The second-order valence-electron chi connectivity index (χ2n) is 6.02. The fourth-order valence-corrected chi connectivity index (χ4v) is 3.15. The van der Waals surface area contributed by atoms with Gasteiger partial charge in [-0.1, -0.05) is 30.3 Å². The molecule has 0 aromatic heterocycles. The summed E-state index contributed by atoms with van der Waals surface area (Å²) in [4.78, 5) is 20.7. The minimum absolute atomic E-state index is 0.312. The summed E-state index contributed by atoms with van der Waals surface area (Å²) in [5.74, 6) is -0.474. The number of allylic oxidation sites excluding steroid dienone is 1. The van der Waals surface area contributed by atoms with E-state index in [1.165, 1.54) is 11.1 Å². The minimum atomic E-state index is -0.474. The summed E-state index contributed by atoms with van der Waals surface area (Å²) in [5, 5.41) is 4.61. The van der Waals surface area contributed by atoms with Crippen LogP contribution < -0.4 is 21.8 Å². The van der Waals surface area contributed by atoms with Crippen molar-refractivity contribution in [2.24, 2.45) is 15.7 Å². The Bertz CT molecular complexity index is 944. The van der Waals surface area contributed by atoms with Gasteiger partial charge in [0.2, 0.25) is 0 Å². The lowest BCUT2D eigenvalue weighted by Crippen LogP contribution is -2.31. The summed E-state index contributed by atoms with van der Waals surface area (Å²) in [5.41, 5.74) is 9.40. The minimum Gasteiger partial charge on any atom is -0.391 e. The number of carbonyl (C=O) groups excluding carboxylic acids is 1. The van der Waals surface area contributed by atoms with Crippen LogP contribution in [0.15, 0.2) is 58.6 Å². The van der Waals surface area contributed by atoms with Gasteiger partial charge < -0.3 is 11.1 Å². The molecular weight excluding hydrogens is 300 g/mol. The summed E-state index contributed by atoms with van der Waals surface area (Å²) < 4.78 is 0. The van der Waals surface area contributed by atoms with E-state index in [2.05, 4.69) is 45.8 Å². The molecular formula is C19H18N4O. The Balaban J connectivity index is 1.67. The molecule has 0 spiro atoms. The van der Waals surface area contributed by atoms with Crippen LogP contribution >= 0.6 is 0 Å². The van der Waals surface area contributed by atoms with E-state index >= 15 is 0 Å². The normalized spacial score (nSPS) is 18.7.